The van der Waals surface area contributed by atoms with E-state index in [-0.39, 0.29) is 24.6 Å². The summed E-state index contributed by atoms with van der Waals surface area (Å²) < 4.78 is 5.85. The molecule has 0 aromatic heterocycles. The number of hydrogen-bond donors (Lipinski definition) is 3. The van der Waals surface area contributed by atoms with E-state index in [1.165, 1.54) is 0 Å². The highest BCUT2D eigenvalue weighted by Gasteiger charge is 2.19. The monoisotopic (exact) mass is 340 g/mol. The molecule has 2 rings (SSSR count). The standard InChI is InChI=1S/C14H17BrN2O3/c1-20-11-4-5-13(12(15)7-11)17-14(19)16-10-3-2-9(6-10)8-18/h2-5,7,9-10,18H,6,8H2,1H3,(H2,16,17,19)/t9-,10+/m0/s1. The molecule has 0 saturated carbocycles. The third kappa shape index (κ3) is 3.74. The predicted molar refractivity (Wildman–Crippen MR) is 81.0 cm³/mol. The van der Waals surface area contributed by atoms with Crippen LogP contribution in [0.1, 0.15) is 6.42 Å². The van der Waals surface area contributed by atoms with Gasteiger partial charge in [-0.3, -0.25) is 0 Å². The Kier molecular flexibility index (Phi) is 5.03. The largest absolute Gasteiger partial charge is 0.497 e. The Morgan fingerprint density at radius 1 is 1.50 bits per heavy atom. The zero-order valence-corrected chi connectivity index (χ0v) is 12.7. The van der Waals surface area contributed by atoms with Crippen LogP contribution < -0.4 is 15.4 Å². The van der Waals surface area contributed by atoms with Crippen LogP contribution >= 0.6 is 15.9 Å². The first-order valence-corrected chi connectivity index (χ1v) is 7.12. The van der Waals surface area contributed by atoms with Crippen LogP contribution in [-0.2, 0) is 0 Å². The minimum absolute atomic E-state index is 0.0378. The summed E-state index contributed by atoms with van der Waals surface area (Å²) >= 11 is 3.38. The molecule has 1 aromatic rings. The van der Waals surface area contributed by atoms with Gasteiger partial charge in [-0.2, -0.15) is 0 Å². The number of ether oxygens (including phenoxy) is 1. The summed E-state index contributed by atoms with van der Waals surface area (Å²) in [5, 5.41) is 14.7. The number of halogens is 1. The topological polar surface area (TPSA) is 70.6 Å². The van der Waals surface area contributed by atoms with Gasteiger partial charge in [-0.25, -0.2) is 4.79 Å². The fourth-order valence-electron chi connectivity index (χ4n) is 2.07. The van der Waals surface area contributed by atoms with Crippen LogP contribution in [-0.4, -0.2) is 30.9 Å². The minimum Gasteiger partial charge on any atom is -0.497 e. The molecule has 0 saturated heterocycles. The number of nitrogens with one attached hydrogen (secondary N) is 2. The lowest BCUT2D eigenvalue weighted by Gasteiger charge is -2.14. The van der Waals surface area contributed by atoms with E-state index >= 15 is 0 Å². The molecule has 1 aromatic carbocycles. The third-order valence-corrected chi connectivity index (χ3v) is 3.80. The molecule has 0 unspecified atom stereocenters. The molecule has 1 aliphatic carbocycles. The SMILES string of the molecule is COc1ccc(NC(=O)N[C@@H]2C=C[C@H](CO)C2)c(Br)c1. The van der Waals surface area contributed by atoms with Gasteiger partial charge in [-0.05, 0) is 40.5 Å². The van der Waals surface area contributed by atoms with E-state index in [0.717, 1.165) is 10.9 Å². The number of aliphatic hydroxyl groups excluding tert-OH is 1. The summed E-state index contributed by atoms with van der Waals surface area (Å²) in [6, 6.07) is 5.02. The van der Waals surface area contributed by atoms with Gasteiger partial charge in [-0.15, -0.1) is 0 Å². The maximum absolute atomic E-state index is 11.9. The maximum atomic E-state index is 11.9. The van der Waals surface area contributed by atoms with Gasteiger partial charge in [-0.1, -0.05) is 12.2 Å². The molecule has 108 valence electrons. The lowest BCUT2D eigenvalue weighted by molar-refractivity contribution is 0.238. The maximum Gasteiger partial charge on any atom is 0.319 e. The molecular weight excluding hydrogens is 324 g/mol. The molecule has 6 heteroatoms. The third-order valence-electron chi connectivity index (χ3n) is 3.15. The van der Waals surface area contributed by atoms with E-state index in [1.54, 1.807) is 25.3 Å². The second-order valence-corrected chi connectivity index (χ2v) is 5.47. The summed E-state index contributed by atoms with van der Waals surface area (Å²) in [5.41, 5.74) is 0.670. The second kappa shape index (κ2) is 6.76. The molecule has 0 radical (unpaired) electrons. The lowest BCUT2D eigenvalue weighted by Crippen LogP contribution is -2.36. The number of carbonyl (C=O) groups excluding carboxylic acids is 1. The first-order chi connectivity index (χ1) is 9.62. The van der Waals surface area contributed by atoms with Crippen molar-refractivity contribution < 1.29 is 14.6 Å². The molecule has 0 fully saturated rings. The number of aliphatic hydroxyl groups is 1. The van der Waals surface area contributed by atoms with Gasteiger partial charge >= 0.3 is 6.03 Å². The van der Waals surface area contributed by atoms with Crippen LogP contribution in [0.25, 0.3) is 0 Å². The zero-order chi connectivity index (χ0) is 14.5. The van der Waals surface area contributed by atoms with Gasteiger partial charge in [0.25, 0.3) is 0 Å². The van der Waals surface area contributed by atoms with Crippen LogP contribution in [0.5, 0.6) is 5.75 Å². The molecule has 2 atom stereocenters. The molecule has 2 amide bonds. The van der Waals surface area contributed by atoms with E-state index in [4.69, 9.17) is 9.84 Å². The Labute approximate surface area is 126 Å². The van der Waals surface area contributed by atoms with Crippen LogP contribution in [0, 0.1) is 5.92 Å². The normalized spacial score (nSPS) is 20.8. The summed E-state index contributed by atoms with van der Waals surface area (Å²) in [4.78, 5) is 11.9. The van der Waals surface area contributed by atoms with E-state index in [0.29, 0.717) is 11.4 Å². The van der Waals surface area contributed by atoms with Gasteiger partial charge in [0.15, 0.2) is 0 Å². The van der Waals surface area contributed by atoms with Crippen molar-refractivity contribution in [3.63, 3.8) is 0 Å². The first-order valence-electron chi connectivity index (χ1n) is 6.32. The van der Waals surface area contributed by atoms with Gasteiger partial charge in [0, 0.05) is 23.0 Å². The van der Waals surface area contributed by atoms with Crippen LogP contribution in [0.15, 0.2) is 34.8 Å². The van der Waals surface area contributed by atoms with Crippen molar-refractivity contribution in [1.29, 1.82) is 0 Å². The minimum atomic E-state index is -0.274. The Balaban J connectivity index is 1.90. The van der Waals surface area contributed by atoms with Crippen molar-refractivity contribution in [2.75, 3.05) is 19.0 Å². The van der Waals surface area contributed by atoms with E-state index in [1.807, 2.05) is 12.2 Å². The van der Waals surface area contributed by atoms with Gasteiger partial charge < -0.3 is 20.5 Å². The summed E-state index contributed by atoms with van der Waals surface area (Å²) in [7, 11) is 1.59. The number of benzene rings is 1. The summed E-state index contributed by atoms with van der Waals surface area (Å²) in [5.74, 6) is 0.848. The molecule has 20 heavy (non-hydrogen) atoms. The molecule has 0 aliphatic heterocycles. The molecular formula is C14H17BrN2O3. The van der Waals surface area contributed by atoms with Crippen LogP contribution in [0.2, 0.25) is 0 Å². The van der Waals surface area contributed by atoms with Gasteiger partial charge in [0.1, 0.15) is 5.75 Å². The fraction of sp³-hybridized carbons (Fsp3) is 0.357. The first kappa shape index (κ1) is 14.9. The van der Waals surface area contributed by atoms with Crippen molar-refractivity contribution in [2.45, 2.75) is 12.5 Å². The number of hydrogen-bond acceptors (Lipinski definition) is 3. The number of urea groups is 1. The van der Waals surface area contributed by atoms with Gasteiger partial charge in [0.05, 0.1) is 12.8 Å². The van der Waals surface area contributed by atoms with Crippen molar-refractivity contribution >= 4 is 27.6 Å². The molecule has 1 aliphatic rings. The Morgan fingerprint density at radius 2 is 2.30 bits per heavy atom. The van der Waals surface area contributed by atoms with Crippen molar-refractivity contribution in [3.05, 3.63) is 34.8 Å². The van der Waals surface area contributed by atoms with E-state index < -0.39 is 0 Å². The average Bonchev–Trinajstić information content (AvgIpc) is 2.88. The van der Waals surface area contributed by atoms with Gasteiger partial charge in [0.2, 0.25) is 0 Å². The summed E-state index contributed by atoms with van der Waals surface area (Å²) in [6.45, 7) is 0.111. The number of anilines is 1. The smallest absolute Gasteiger partial charge is 0.319 e. The zero-order valence-electron chi connectivity index (χ0n) is 11.1. The number of amides is 2. The van der Waals surface area contributed by atoms with Crippen molar-refractivity contribution in [1.82, 2.24) is 5.32 Å². The summed E-state index contributed by atoms with van der Waals surface area (Å²) in [6.07, 6.45) is 4.56. The predicted octanol–water partition coefficient (Wildman–Crippen LogP) is 2.52. The molecule has 5 nitrogen and oxygen atoms in total. The second-order valence-electron chi connectivity index (χ2n) is 4.61. The highest BCUT2D eigenvalue weighted by molar-refractivity contribution is 9.10. The van der Waals surface area contributed by atoms with Crippen molar-refractivity contribution in [2.24, 2.45) is 5.92 Å². The van der Waals surface area contributed by atoms with Crippen molar-refractivity contribution in [3.8, 4) is 5.75 Å². The van der Waals surface area contributed by atoms with E-state index in [2.05, 4.69) is 26.6 Å². The number of rotatable bonds is 4. The molecule has 0 bridgehead atoms. The lowest BCUT2D eigenvalue weighted by atomic mass is 10.1. The molecule has 0 heterocycles. The quantitative estimate of drug-likeness (QED) is 0.737. The van der Waals surface area contributed by atoms with E-state index in [9.17, 15) is 4.79 Å². The highest BCUT2D eigenvalue weighted by Crippen LogP contribution is 2.27. The Hall–Kier alpha value is -1.53. The number of carbonyl (C=O) groups is 1. The van der Waals surface area contributed by atoms with Crippen LogP contribution in [0.4, 0.5) is 10.5 Å². The number of methoxy groups -OCH3 is 1. The van der Waals surface area contributed by atoms with Crippen LogP contribution in [0.3, 0.4) is 0 Å². The molecule has 3 N–H and O–H groups in total. The fourth-order valence-corrected chi connectivity index (χ4v) is 2.52. The highest BCUT2D eigenvalue weighted by atomic mass is 79.9. The Bertz CT molecular complexity index is 519. The average molecular weight is 341 g/mol. The molecule has 0 spiro atoms. The Morgan fingerprint density at radius 3 is 2.90 bits per heavy atom.